The van der Waals surface area contributed by atoms with Crippen molar-refractivity contribution in [3.05, 3.63) is 27.3 Å². The Bertz CT molecular complexity index is 614. The molecule has 1 aromatic heterocycles. The van der Waals surface area contributed by atoms with Crippen LogP contribution in [0, 0.1) is 0 Å². The summed E-state index contributed by atoms with van der Waals surface area (Å²) in [6, 6.07) is 3.94. The molecule has 0 saturated carbocycles. The second-order valence-electron chi connectivity index (χ2n) is 4.82. The van der Waals surface area contributed by atoms with Crippen LogP contribution < -0.4 is 0 Å². The van der Waals surface area contributed by atoms with Crippen LogP contribution in [0.15, 0.2) is 27.4 Å². The minimum atomic E-state index is -0.169. The highest BCUT2D eigenvalue weighted by atomic mass is 32.2. The van der Waals surface area contributed by atoms with Crippen LogP contribution in [0.1, 0.15) is 11.8 Å². The highest BCUT2D eigenvalue weighted by Crippen LogP contribution is 2.31. The number of rotatable bonds is 1. The van der Waals surface area contributed by atoms with Crippen LogP contribution in [-0.2, 0) is 9.59 Å². The van der Waals surface area contributed by atoms with Gasteiger partial charge >= 0.3 is 0 Å². The third-order valence-corrected chi connectivity index (χ3v) is 5.29. The van der Waals surface area contributed by atoms with Gasteiger partial charge in [0.25, 0.3) is 5.91 Å². The molecule has 1 aromatic rings. The molecule has 0 bridgehead atoms. The van der Waals surface area contributed by atoms with Crippen LogP contribution in [0.5, 0.6) is 0 Å². The van der Waals surface area contributed by atoms with E-state index in [1.807, 2.05) is 28.5 Å². The van der Waals surface area contributed by atoms with Crippen LogP contribution in [0.2, 0.25) is 0 Å². The Balaban J connectivity index is 1.65. The van der Waals surface area contributed by atoms with Gasteiger partial charge in [0.2, 0.25) is 5.91 Å². The molecule has 0 N–H and O–H groups in total. The topological polar surface area (TPSA) is 53.0 Å². The summed E-state index contributed by atoms with van der Waals surface area (Å²) in [6.07, 6.45) is 1.89. The molecule has 1 fully saturated rings. The Hall–Kier alpha value is -1.60. The first-order chi connectivity index (χ1) is 10.1. The van der Waals surface area contributed by atoms with Gasteiger partial charge in [-0.2, -0.15) is 4.99 Å². The Morgan fingerprint density at radius 2 is 2.10 bits per heavy atom. The van der Waals surface area contributed by atoms with Crippen molar-refractivity contribution in [2.75, 3.05) is 26.2 Å². The van der Waals surface area contributed by atoms with Gasteiger partial charge in [-0.15, -0.1) is 11.3 Å². The number of carbonyl (C=O) groups excluding carboxylic acids is 2. The molecule has 3 rings (SSSR count). The molecule has 21 heavy (non-hydrogen) atoms. The fourth-order valence-corrected chi connectivity index (χ4v) is 3.94. The number of thiophene rings is 1. The first-order valence-electron chi connectivity index (χ1n) is 6.70. The van der Waals surface area contributed by atoms with E-state index >= 15 is 0 Å². The van der Waals surface area contributed by atoms with E-state index < -0.39 is 0 Å². The van der Waals surface area contributed by atoms with Crippen molar-refractivity contribution in [3.8, 4) is 0 Å². The zero-order valence-electron chi connectivity index (χ0n) is 11.6. The predicted octanol–water partition coefficient (Wildman–Crippen LogP) is 1.88. The van der Waals surface area contributed by atoms with Gasteiger partial charge in [-0.25, -0.2) is 0 Å². The SMILES string of the molecule is CC(=O)N1CCN(C2=NC(=O)/C(=C/c3cccs3)S2)CC1. The molecular weight excluding hydrogens is 306 g/mol. The van der Waals surface area contributed by atoms with E-state index in [0.717, 1.165) is 23.1 Å². The largest absolute Gasteiger partial charge is 0.347 e. The van der Waals surface area contributed by atoms with Gasteiger partial charge in [-0.3, -0.25) is 9.59 Å². The lowest BCUT2D eigenvalue weighted by atomic mass is 10.3. The van der Waals surface area contributed by atoms with Crippen molar-refractivity contribution >= 4 is 46.2 Å². The molecule has 0 radical (unpaired) electrons. The Morgan fingerprint density at radius 1 is 1.33 bits per heavy atom. The Morgan fingerprint density at radius 3 is 2.71 bits per heavy atom. The molecule has 3 heterocycles. The standard InChI is InChI=1S/C14H15N3O2S2/c1-10(18)16-4-6-17(7-5-16)14-15-13(19)12(21-14)9-11-3-2-8-20-11/h2-3,8-9H,4-7H2,1H3/b12-9-. The van der Waals surface area contributed by atoms with Gasteiger partial charge in [0.15, 0.2) is 5.17 Å². The number of thioether (sulfide) groups is 1. The summed E-state index contributed by atoms with van der Waals surface area (Å²) in [4.78, 5) is 33.1. The molecule has 0 unspecified atom stereocenters. The molecule has 5 nitrogen and oxygen atoms in total. The monoisotopic (exact) mass is 321 g/mol. The Kier molecular flexibility index (Phi) is 4.12. The van der Waals surface area contributed by atoms with Crippen molar-refractivity contribution in [2.24, 2.45) is 4.99 Å². The van der Waals surface area contributed by atoms with E-state index in [2.05, 4.69) is 9.89 Å². The van der Waals surface area contributed by atoms with Crippen LogP contribution in [0.3, 0.4) is 0 Å². The number of nitrogens with zero attached hydrogens (tertiary/aromatic N) is 3. The first kappa shape index (κ1) is 14.3. The van der Waals surface area contributed by atoms with E-state index in [1.165, 1.54) is 11.8 Å². The molecule has 2 amide bonds. The average Bonchev–Trinajstić information content (AvgIpc) is 3.10. The third-order valence-electron chi connectivity index (χ3n) is 3.42. The molecule has 2 aliphatic heterocycles. The van der Waals surface area contributed by atoms with Crippen LogP contribution >= 0.6 is 23.1 Å². The summed E-state index contributed by atoms with van der Waals surface area (Å²) in [7, 11) is 0. The van der Waals surface area contributed by atoms with Crippen molar-refractivity contribution in [3.63, 3.8) is 0 Å². The lowest BCUT2D eigenvalue weighted by Gasteiger charge is -2.34. The van der Waals surface area contributed by atoms with E-state index in [-0.39, 0.29) is 11.8 Å². The summed E-state index contributed by atoms with van der Waals surface area (Å²) in [6.45, 7) is 4.42. The zero-order valence-corrected chi connectivity index (χ0v) is 13.2. The van der Waals surface area contributed by atoms with E-state index in [4.69, 9.17) is 0 Å². The van der Waals surface area contributed by atoms with Crippen LogP contribution in [0.25, 0.3) is 6.08 Å². The van der Waals surface area contributed by atoms with Crippen LogP contribution in [0.4, 0.5) is 0 Å². The highest BCUT2D eigenvalue weighted by molar-refractivity contribution is 8.18. The number of carbonyl (C=O) groups is 2. The van der Waals surface area contributed by atoms with Gasteiger partial charge in [0.05, 0.1) is 4.91 Å². The fourth-order valence-electron chi connectivity index (χ4n) is 2.25. The molecule has 0 aromatic carbocycles. The molecular formula is C14H15N3O2S2. The van der Waals surface area contributed by atoms with E-state index in [1.54, 1.807) is 18.3 Å². The number of piperazine rings is 1. The molecule has 0 spiro atoms. The first-order valence-corrected chi connectivity index (χ1v) is 8.39. The third kappa shape index (κ3) is 3.19. The van der Waals surface area contributed by atoms with Gasteiger partial charge in [-0.1, -0.05) is 6.07 Å². The molecule has 110 valence electrons. The zero-order chi connectivity index (χ0) is 14.8. The molecule has 1 saturated heterocycles. The average molecular weight is 321 g/mol. The van der Waals surface area contributed by atoms with E-state index in [0.29, 0.717) is 18.0 Å². The predicted molar refractivity (Wildman–Crippen MR) is 86.2 cm³/mol. The summed E-state index contributed by atoms with van der Waals surface area (Å²) < 4.78 is 0. The number of amidine groups is 1. The van der Waals surface area contributed by atoms with Gasteiger partial charge in [0.1, 0.15) is 0 Å². The minimum absolute atomic E-state index is 0.102. The summed E-state index contributed by atoms with van der Waals surface area (Å²) in [5.74, 6) is -0.0672. The maximum atomic E-state index is 12.0. The van der Waals surface area contributed by atoms with Gasteiger partial charge in [0, 0.05) is 38.0 Å². The quantitative estimate of drug-likeness (QED) is 0.741. The summed E-state index contributed by atoms with van der Waals surface area (Å²) >= 11 is 3.03. The van der Waals surface area contributed by atoms with Crippen molar-refractivity contribution in [2.45, 2.75) is 6.92 Å². The highest BCUT2D eigenvalue weighted by Gasteiger charge is 2.28. The summed E-state index contributed by atoms with van der Waals surface area (Å²) in [5, 5.41) is 2.74. The van der Waals surface area contributed by atoms with Gasteiger partial charge < -0.3 is 9.80 Å². The summed E-state index contributed by atoms with van der Waals surface area (Å²) in [5.41, 5.74) is 0. The Labute approximate surface area is 131 Å². The minimum Gasteiger partial charge on any atom is -0.347 e. The number of amides is 2. The van der Waals surface area contributed by atoms with E-state index in [9.17, 15) is 9.59 Å². The second kappa shape index (κ2) is 6.03. The molecule has 0 aliphatic carbocycles. The van der Waals surface area contributed by atoms with Crippen molar-refractivity contribution < 1.29 is 9.59 Å². The van der Waals surface area contributed by atoms with Gasteiger partial charge in [-0.05, 0) is 29.3 Å². The lowest BCUT2D eigenvalue weighted by molar-refractivity contribution is -0.130. The fraction of sp³-hybridized carbons (Fsp3) is 0.357. The number of hydrogen-bond acceptors (Lipinski definition) is 5. The smallest absolute Gasteiger partial charge is 0.286 e. The van der Waals surface area contributed by atoms with Crippen LogP contribution in [-0.4, -0.2) is 53.0 Å². The number of aliphatic imine (C=N–C) groups is 1. The molecule has 7 heteroatoms. The molecule has 2 aliphatic rings. The normalized spacial score (nSPS) is 21.1. The lowest BCUT2D eigenvalue weighted by Crippen LogP contribution is -2.49. The second-order valence-corrected chi connectivity index (χ2v) is 6.81. The maximum Gasteiger partial charge on any atom is 0.286 e. The maximum absolute atomic E-state index is 12.0. The van der Waals surface area contributed by atoms with Crippen molar-refractivity contribution in [1.29, 1.82) is 0 Å². The van der Waals surface area contributed by atoms with Crippen molar-refractivity contribution in [1.82, 2.24) is 9.80 Å². The number of hydrogen-bond donors (Lipinski definition) is 0. The molecule has 0 atom stereocenters.